The molecular formula is C20H28N8O3. The van der Waals surface area contributed by atoms with Crippen LogP contribution in [0.1, 0.15) is 19.8 Å². The molecule has 31 heavy (non-hydrogen) atoms. The van der Waals surface area contributed by atoms with Gasteiger partial charge in [-0.2, -0.15) is 4.98 Å². The maximum absolute atomic E-state index is 12.1. The van der Waals surface area contributed by atoms with Crippen LogP contribution in [-0.4, -0.2) is 82.3 Å². The molecule has 0 unspecified atom stereocenters. The van der Waals surface area contributed by atoms with E-state index in [1.807, 2.05) is 0 Å². The Morgan fingerprint density at radius 2 is 1.94 bits per heavy atom. The highest BCUT2D eigenvalue weighted by molar-refractivity contribution is 5.81. The second kappa shape index (κ2) is 8.98. The first kappa shape index (κ1) is 21.2. The molecule has 0 bridgehead atoms. The number of hydrogen-bond acceptors (Lipinski definition) is 10. The molecule has 1 atom stereocenters. The van der Waals surface area contributed by atoms with Crippen molar-refractivity contribution >= 4 is 17.8 Å². The zero-order valence-corrected chi connectivity index (χ0v) is 17.8. The summed E-state index contributed by atoms with van der Waals surface area (Å²) in [6.45, 7) is 4.35. The largest absolute Gasteiger partial charge is 0.474 e. The van der Waals surface area contributed by atoms with Crippen molar-refractivity contribution in [3.8, 4) is 17.1 Å². The van der Waals surface area contributed by atoms with E-state index in [0.29, 0.717) is 43.8 Å². The maximum Gasteiger partial charge on any atom is 0.239 e. The van der Waals surface area contributed by atoms with E-state index in [2.05, 4.69) is 24.8 Å². The molecule has 1 amide bonds. The number of nitrogens with zero attached hydrogens (tertiary/aromatic N) is 6. The van der Waals surface area contributed by atoms with Crippen LogP contribution in [0, 0.1) is 0 Å². The van der Waals surface area contributed by atoms with E-state index < -0.39 is 6.04 Å². The van der Waals surface area contributed by atoms with Gasteiger partial charge in [0, 0.05) is 63.0 Å². The fraction of sp³-hybridized carbons (Fsp3) is 0.550. The molecule has 2 aliphatic rings. The average Bonchev–Trinajstić information content (AvgIpc) is 2.76. The highest BCUT2D eigenvalue weighted by Crippen LogP contribution is 2.31. The van der Waals surface area contributed by atoms with Gasteiger partial charge in [0.05, 0.1) is 24.9 Å². The highest BCUT2D eigenvalue weighted by Gasteiger charge is 2.36. The fourth-order valence-electron chi connectivity index (χ4n) is 3.62. The summed E-state index contributed by atoms with van der Waals surface area (Å²) in [5.41, 5.74) is 12.7. The molecule has 4 N–H and O–H groups in total. The smallest absolute Gasteiger partial charge is 0.239 e. The van der Waals surface area contributed by atoms with Crippen LogP contribution < -0.4 is 21.1 Å². The minimum atomic E-state index is -0.507. The van der Waals surface area contributed by atoms with Crippen molar-refractivity contribution < 1.29 is 14.3 Å². The Balaban J connectivity index is 1.51. The van der Waals surface area contributed by atoms with Crippen LogP contribution in [0.25, 0.3) is 11.3 Å². The number of anilines is 2. The Kier molecular flexibility index (Phi) is 6.14. The summed E-state index contributed by atoms with van der Waals surface area (Å²) in [7, 11) is 1.78. The van der Waals surface area contributed by atoms with Crippen LogP contribution in [0.3, 0.4) is 0 Å². The first-order valence-electron chi connectivity index (χ1n) is 10.4. The third-order valence-corrected chi connectivity index (χ3v) is 5.59. The van der Waals surface area contributed by atoms with Gasteiger partial charge in [-0.3, -0.25) is 4.79 Å². The summed E-state index contributed by atoms with van der Waals surface area (Å²) in [6.07, 6.45) is 4.69. The standard InChI is InChI=1S/C20H28N8O3/c1-12(21)18(29)27(2)14-7-15(8-14)31-17-9-16(13-10-23-19(22)24-11-13)25-20(26-17)28-3-5-30-6-4-28/h9-12,14-15H,3-8,21H2,1-2H3,(H2,22,23,24)/t12-,14?,15?/m0/s1. The van der Waals surface area contributed by atoms with Gasteiger partial charge in [-0.25, -0.2) is 15.0 Å². The first-order valence-corrected chi connectivity index (χ1v) is 10.4. The number of nitrogen functional groups attached to an aromatic ring is 1. The Labute approximate surface area is 180 Å². The van der Waals surface area contributed by atoms with E-state index in [4.69, 9.17) is 20.9 Å². The predicted octanol–water partition coefficient (Wildman–Crippen LogP) is 0.0678. The number of rotatable bonds is 6. The van der Waals surface area contributed by atoms with Crippen molar-refractivity contribution in [1.29, 1.82) is 0 Å². The molecule has 0 spiro atoms. The minimum Gasteiger partial charge on any atom is -0.474 e. The highest BCUT2D eigenvalue weighted by atomic mass is 16.5. The van der Waals surface area contributed by atoms with Gasteiger partial charge in [-0.05, 0) is 6.92 Å². The lowest BCUT2D eigenvalue weighted by Crippen LogP contribution is -2.53. The Morgan fingerprint density at radius 1 is 1.26 bits per heavy atom. The number of ether oxygens (including phenoxy) is 2. The molecule has 1 aliphatic carbocycles. The quantitative estimate of drug-likeness (QED) is 0.648. The fourth-order valence-corrected chi connectivity index (χ4v) is 3.62. The van der Waals surface area contributed by atoms with Crippen LogP contribution in [0.15, 0.2) is 18.5 Å². The minimum absolute atomic E-state index is 0.0312. The van der Waals surface area contributed by atoms with Crippen molar-refractivity contribution in [2.24, 2.45) is 5.73 Å². The topological polar surface area (TPSA) is 146 Å². The van der Waals surface area contributed by atoms with E-state index in [9.17, 15) is 4.79 Å². The molecule has 11 nitrogen and oxygen atoms in total. The monoisotopic (exact) mass is 428 g/mol. The summed E-state index contributed by atoms with van der Waals surface area (Å²) < 4.78 is 11.6. The molecule has 2 aromatic rings. The van der Waals surface area contributed by atoms with Crippen molar-refractivity contribution in [2.45, 2.75) is 38.0 Å². The zero-order valence-electron chi connectivity index (χ0n) is 17.8. The van der Waals surface area contributed by atoms with Crippen LogP contribution in [0.5, 0.6) is 5.88 Å². The number of morpholine rings is 1. The van der Waals surface area contributed by atoms with E-state index in [0.717, 1.165) is 18.4 Å². The lowest BCUT2D eigenvalue weighted by atomic mass is 9.88. The number of aromatic nitrogens is 4. The molecule has 4 rings (SSSR count). The number of nitrogens with two attached hydrogens (primary N) is 2. The molecule has 0 radical (unpaired) electrons. The van der Waals surface area contributed by atoms with Gasteiger partial charge >= 0.3 is 0 Å². The van der Waals surface area contributed by atoms with E-state index in [-0.39, 0.29) is 24.0 Å². The lowest BCUT2D eigenvalue weighted by molar-refractivity contribution is -0.136. The van der Waals surface area contributed by atoms with Crippen LogP contribution in [0.2, 0.25) is 0 Å². The Bertz CT molecular complexity index is 911. The van der Waals surface area contributed by atoms with Crippen molar-refractivity contribution in [3.05, 3.63) is 18.5 Å². The molecule has 3 heterocycles. The molecule has 11 heteroatoms. The Hall–Kier alpha value is -3.05. The molecule has 1 saturated carbocycles. The van der Waals surface area contributed by atoms with Gasteiger partial charge in [-0.15, -0.1) is 0 Å². The van der Waals surface area contributed by atoms with E-state index >= 15 is 0 Å². The van der Waals surface area contributed by atoms with Gasteiger partial charge in [0.1, 0.15) is 6.10 Å². The van der Waals surface area contributed by atoms with Crippen molar-refractivity contribution in [2.75, 3.05) is 44.0 Å². The molecule has 1 aliphatic heterocycles. The summed E-state index contributed by atoms with van der Waals surface area (Å²) in [4.78, 5) is 33.3. The van der Waals surface area contributed by atoms with Gasteiger partial charge in [0.25, 0.3) is 0 Å². The number of carbonyl (C=O) groups excluding carboxylic acids is 1. The van der Waals surface area contributed by atoms with Gasteiger partial charge in [0.2, 0.25) is 23.7 Å². The predicted molar refractivity (Wildman–Crippen MR) is 114 cm³/mol. The summed E-state index contributed by atoms with van der Waals surface area (Å²) >= 11 is 0. The van der Waals surface area contributed by atoms with Crippen molar-refractivity contribution in [3.63, 3.8) is 0 Å². The molecule has 1 saturated heterocycles. The van der Waals surface area contributed by atoms with Crippen LogP contribution in [-0.2, 0) is 9.53 Å². The molecular weight excluding hydrogens is 400 g/mol. The first-order chi connectivity index (χ1) is 14.9. The third-order valence-electron chi connectivity index (χ3n) is 5.59. The SMILES string of the molecule is C[C@H](N)C(=O)N(C)C1CC(Oc2cc(-c3cnc(N)nc3)nc(N3CCOCC3)n2)C1. The number of hydrogen-bond donors (Lipinski definition) is 2. The second-order valence-corrected chi connectivity index (χ2v) is 7.92. The van der Waals surface area contributed by atoms with E-state index in [1.165, 1.54) is 0 Å². The summed E-state index contributed by atoms with van der Waals surface area (Å²) in [6, 6.07) is 1.39. The van der Waals surface area contributed by atoms with E-state index in [1.54, 1.807) is 37.3 Å². The number of amides is 1. The lowest BCUT2D eigenvalue weighted by Gasteiger charge is -2.41. The molecule has 2 fully saturated rings. The number of carbonyl (C=O) groups is 1. The van der Waals surface area contributed by atoms with Crippen LogP contribution in [0.4, 0.5) is 11.9 Å². The zero-order chi connectivity index (χ0) is 22.0. The van der Waals surface area contributed by atoms with Gasteiger partial charge in [0.15, 0.2) is 0 Å². The number of likely N-dealkylation sites (N-methyl/N-ethyl adjacent to an activating group) is 1. The average molecular weight is 428 g/mol. The summed E-state index contributed by atoms with van der Waals surface area (Å²) in [5.74, 6) is 1.19. The third kappa shape index (κ3) is 4.83. The molecule has 0 aromatic carbocycles. The Morgan fingerprint density at radius 3 is 2.58 bits per heavy atom. The van der Waals surface area contributed by atoms with Crippen molar-refractivity contribution in [1.82, 2.24) is 24.8 Å². The van der Waals surface area contributed by atoms with Gasteiger partial charge in [-0.1, -0.05) is 0 Å². The summed E-state index contributed by atoms with van der Waals surface area (Å²) in [5, 5.41) is 0. The van der Waals surface area contributed by atoms with Crippen LogP contribution >= 0.6 is 0 Å². The van der Waals surface area contributed by atoms with Gasteiger partial charge < -0.3 is 30.7 Å². The molecule has 166 valence electrons. The maximum atomic E-state index is 12.1. The normalized spacial score (nSPS) is 21.8. The second-order valence-electron chi connectivity index (χ2n) is 7.92. The molecule has 2 aromatic heterocycles.